The first-order valence-corrected chi connectivity index (χ1v) is 10.9. The molecule has 5 rings (SSSR count). The molecular formula is C24H21ClN2O6. The van der Waals surface area contributed by atoms with Crippen LogP contribution in [-0.2, 0) is 9.53 Å². The van der Waals surface area contributed by atoms with Crippen molar-refractivity contribution in [2.45, 2.75) is 25.0 Å². The van der Waals surface area contributed by atoms with E-state index in [2.05, 4.69) is 4.98 Å². The molecule has 2 aliphatic rings. The quantitative estimate of drug-likeness (QED) is 0.539. The monoisotopic (exact) mass is 468 g/mol. The minimum atomic E-state index is -0.818. The molecule has 1 amide bonds. The summed E-state index contributed by atoms with van der Waals surface area (Å²) in [5, 5.41) is 11.8. The number of aliphatic hydroxyl groups excluding tert-OH is 1. The second kappa shape index (κ2) is 8.53. The minimum Gasteiger partial charge on any atom is -0.503 e. The van der Waals surface area contributed by atoms with E-state index in [9.17, 15) is 14.7 Å². The number of hydrogen-bond donors (Lipinski definition) is 1. The molecule has 2 atom stereocenters. The number of pyridine rings is 1. The van der Waals surface area contributed by atoms with Crippen LogP contribution < -0.4 is 4.74 Å². The van der Waals surface area contributed by atoms with Crippen LogP contribution in [0.15, 0.2) is 58.5 Å². The molecule has 0 saturated carbocycles. The molecule has 9 heteroatoms. The van der Waals surface area contributed by atoms with Crippen molar-refractivity contribution >= 4 is 34.3 Å². The second-order valence-electron chi connectivity index (χ2n) is 8.01. The van der Waals surface area contributed by atoms with E-state index in [1.165, 1.54) is 18.1 Å². The van der Waals surface area contributed by atoms with E-state index in [1.54, 1.807) is 36.7 Å². The van der Waals surface area contributed by atoms with Gasteiger partial charge in [-0.15, -0.1) is 0 Å². The normalized spacial score (nSPS) is 20.8. The molecule has 2 aliphatic heterocycles. The zero-order chi connectivity index (χ0) is 23.1. The average molecular weight is 469 g/mol. The number of carbonyl (C=O) groups is 2. The summed E-state index contributed by atoms with van der Waals surface area (Å²) in [6, 6.07) is 7.42. The van der Waals surface area contributed by atoms with Gasteiger partial charge in [0, 0.05) is 42.0 Å². The van der Waals surface area contributed by atoms with E-state index >= 15 is 0 Å². The highest BCUT2D eigenvalue weighted by Crippen LogP contribution is 2.41. The van der Waals surface area contributed by atoms with Crippen molar-refractivity contribution in [3.63, 3.8) is 0 Å². The van der Waals surface area contributed by atoms with Gasteiger partial charge >= 0.3 is 0 Å². The number of hydrogen-bond acceptors (Lipinski definition) is 7. The molecular weight excluding hydrogens is 448 g/mol. The number of amides is 1. The Bertz CT molecular complexity index is 1260. The summed E-state index contributed by atoms with van der Waals surface area (Å²) in [4.78, 5) is 32.3. The standard InChI is InChI=1S/C24H21ClN2O6/c1-31-18-10-15(25)8-14-9-17(33-23(14)18)21(28)19-20(13-4-2-6-26-11-13)27(24(30)22(19)29)12-16-5-3-7-32-16/h2,4,6,8-11,16,20,29H,3,5,7,12H2,1H3. The fourth-order valence-corrected chi connectivity index (χ4v) is 4.66. The molecule has 8 nitrogen and oxygen atoms in total. The number of furan rings is 1. The molecule has 0 aliphatic carbocycles. The first-order chi connectivity index (χ1) is 16.0. The molecule has 0 radical (unpaired) electrons. The van der Waals surface area contributed by atoms with Crippen molar-refractivity contribution in [2.24, 2.45) is 0 Å². The summed E-state index contributed by atoms with van der Waals surface area (Å²) in [5.74, 6) is -1.48. The number of methoxy groups -OCH3 is 1. The first-order valence-electron chi connectivity index (χ1n) is 10.6. The Morgan fingerprint density at radius 3 is 2.91 bits per heavy atom. The number of nitrogens with zero attached hydrogens (tertiary/aromatic N) is 2. The van der Waals surface area contributed by atoms with Crippen molar-refractivity contribution in [1.82, 2.24) is 9.88 Å². The largest absolute Gasteiger partial charge is 0.503 e. The topological polar surface area (TPSA) is 102 Å². The highest BCUT2D eigenvalue weighted by Gasteiger charge is 2.45. The van der Waals surface area contributed by atoms with Gasteiger partial charge in [0.2, 0.25) is 5.78 Å². The molecule has 0 bridgehead atoms. The number of ether oxygens (including phenoxy) is 2. The summed E-state index contributed by atoms with van der Waals surface area (Å²) in [5.41, 5.74) is 0.895. The number of Topliss-reactive ketones (excluding diaryl/α,β-unsaturated/α-hetero) is 1. The van der Waals surface area contributed by atoms with Crippen molar-refractivity contribution in [3.8, 4) is 5.75 Å². The van der Waals surface area contributed by atoms with Crippen LogP contribution >= 0.6 is 11.6 Å². The number of ketones is 1. The van der Waals surface area contributed by atoms with Crippen LogP contribution in [0.5, 0.6) is 5.75 Å². The summed E-state index contributed by atoms with van der Waals surface area (Å²) in [6.07, 6.45) is 4.72. The number of benzene rings is 1. The number of aliphatic hydroxyl groups is 1. The lowest BCUT2D eigenvalue weighted by Crippen LogP contribution is -2.37. The zero-order valence-corrected chi connectivity index (χ0v) is 18.5. The molecule has 2 unspecified atom stereocenters. The van der Waals surface area contributed by atoms with Gasteiger partial charge < -0.3 is 23.9 Å². The van der Waals surface area contributed by atoms with Crippen molar-refractivity contribution < 1.29 is 28.6 Å². The van der Waals surface area contributed by atoms with Gasteiger partial charge in [-0.1, -0.05) is 17.7 Å². The van der Waals surface area contributed by atoms with Gasteiger partial charge in [0.15, 0.2) is 22.9 Å². The van der Waals surface area contributed by atoms with Crippen molar-refractivity contribution in [2.75, 3.05) is 20.3 Å². The average Bonchev–Trinajstić information content (AvgIpc) is 3.54. The maximum Gasteiger partial charge on any atom is 0.290 e. The number of fused-ring (bicyclic) bond motifs is 1. The third-order valence-electron chi connectivity index (χ3n) is 5.96. The zero-order valence-electron chi connectivity index (χ0n) is 17.8. The Morgan fingerprint density at radius 2 is 2.21 bits per heavy atom. The SMILES string of the molecule is COc1cc(Cl)cc2cc(C(=O)C3=C(O)C(=O)N(CC4CCCO4)C3c3cccnc3)oc12. The maximum absolute atomic E-state index is 13.6. The number of rotatable bonds is 6. The van der Waals surface area contributed by atoms with E-state index < -0.39 is 23.5 Å². The third kappa shape index (κ3) is 3.75. The summed E-state index contributed by atoms with van der Waals surface area (Å²) in [7, 11) is 1.47. The predicted molar refractivity (Wildman–Crippen MR) is 119 cm³/mol. The molecule has 1 N–H and O–H groups in total. The molecule has 4 heterocycles. The van der Waals surface area contributed by atoms with Crippen LogP contribution in [-0.4, -0.2) is 53.0 Å². The Morgan fingerprint density at radius 1 is 1.36 bits per heavy atom. The van der Waals surface area contributed by atoms with E-state index in [1.807, 2.05) is 0 Å². The van der Waals surface area contributed by atoms with Crippen LogP contribution in [0.1, 0.15) is 35.0 Å². The van der Waals surface area contributed by atoms with Gasteiger partial charge in [-0.05, 0) is 36.6 Å². The van der Waals surface area contributed by atoms with Gasteiger partial charge in [0.1, 0.15) is 0 Å². The van der Waals surface area contributed by atoms with Crippen LogP contribution in [0.25, 0.3) is 11.0 Å². The van der Waals surface area contributed by atoms with E-state index in [0.29, 0.717) is 33.9 Å². The van der Waals surface area contributed by atoms with Crippen molar-refractivity contribution in [1.29, 1.82) is 0 Å². The summed E-state index contributed by atoms with van der Waals surface area (Å²) >= 11 is 6.14. The first kappa shape index (κ1) is 21.5. The van der Waals surface area contributed by atoms with Gasteiger partial charge in [-0.25, -0.2) is 0 Å². The lowest BCUT2D eigenvalue weighted by atomic mass is 9.96. The van der Waals surface area contributed by atoms with E-state index in [-0.39, 0.29) is 24.0 Å². The van der Waals surface area contributed by atoms with Gasteiger partial charge in [-0.2, -0.15) is 0 Å². The van der Waals surface area contributed by atoms with E-state index in [0.717, 1.165) is 12.8 Å². The molecule has 2 aromatic heterocycles. The Balaban J connectivity index is 1.58. The summed E-state index contributed by atoms with van der Waals surface area (Å²) < 4.78 is 16.8. The number of aromatic nitrogens is 1. The molecule has 170 valence electrons. The van der Waals surface area contributed by atoms with E-state index in [4.69, 9.17) is 25.5 Å². The van der Waals surface area contributed by atoms with Gasteiger partial charge in [0.25, 0.3) is 5.91 Å². The fraction of sp³-hybridized carbons (Fsp3) is 0.292. The van der Waals surface area contributed by atoms with Gasteiger partial charge in [0.05, 0.1) is 24.8 Å². The Hall–Kier alpha value is -3.36. The highest BCUT2D eigenvalue weighted by atomic mass is 35.5. The molecule has 1 aromatic carbocycles. The number of halogens is 1. The predicted octanol–water partition coefficient (Wildman–Crippen LogP) is 4.25. The lowest BCUT2D eigenvalue weighted by molar-refractivity contribution is -0.131. The molecule has 1 saturated heterocycles. The van der Waals surface area contributed by atoms with Crippen LogP contribution in [0.2, 0.25) is 5.02 Å². The number of carbonyl (C=O) groups excluding carboxylic acids is 2. The highest BCUT2D eigenvalue weighted by molar-refractivity contribution is 6.31. The van der Waals surface area contributed by atoms with Crippen LogP contribution in [0.4, 0.5) is 0 Å². The smallest absolute Gasteiger partial charge is 0.290 e. The molecule has 0 spiro atoms. The van der Waals surface area contributed by atoms with Crippen molar-refractivity contribution in [3.05, 3.63) is 70.4 Å². The Kier molecular flexibility index (Phi) is 5.55. The van der Waals surface area contributed by atoms with Gasteiger partial charge in [-0.3, -0.25) is 14.6 Å². The minimum absolute atomic E-state index is 0.0345. The fourth-order valence-electron chi connectivity index (χ4n) is 4.45. The third-order valence-corrected chi connectivity index (χ3v) is 6.18. The van der Waals surface area contributed by atoms with Crippen LogP contribution in [0, 0.1) is 0 Å². The molecule has 33 heavy (non-hydrogen) atoms. The summed E-state index contributed by atoms with van der Waals surface area (Å²) in [6.45, 7) is 0.877. The van der Waals surface area contributed by atoms with Crippen LogP contribution in [0.3, 0.4) is 0 Å². The molecule has 3 aromatic rings. The molecule has 1 fully saturated rings. The second-order valence-corrected chi connectivity index (χ2v) is 8.45. The maximum atomic E-state index is 13.6. The Labute approximate surface area is 194 Å². The lowest BCUT2D eigenvalue weighted by Gasteiger charge is -2.28.